The number of hydrogen-bond acceptors (Lipinski definition) is 5. The molecule has 2 aromatic rings. The van der Waals surface area contributed by atoms with Crippen LogP contribution in [0.1, 0.15) is 17.5 Å². The third-order valence-corrected chi connectivity index (χ3v) is 5.96. The zero-order valence-corrected chi connectivity index (χ0v) is 14.6. The maximum atomic E-state index is 12.2. The van der Waals surface area contributed by atoms with Gasteiger partial charge >= 0.3 is 0 Å². The molecule has 8 heteroatoms. The van der Waals surface area contributed by atoms with Crippen molar-refractivity contribution in [2.24, 2.45) is 5.92 Å². The Morgan fingerprint density at radius 2 is 2.14 bits per heavy atom. The number of aryl methyl sites for hydroxylation is 2. The van der Waals surface area contributed by atoms with Crippen LogP contribution in [-0.2, 0) is 13.8 Å². The van der Waals surface area contributed by atoms with Crippen molar-refractivity contribution in [2.45, 2.75) is 20.3 Å². The number of thiazole rings is 1. The molecule has 0 aliphatic carbocycles. The van der Waals surface area contributed by atoms with Crippen LogP contribution >= 0.6 is 22.0 Å². The van der Waals surface area contributed by atoms with Crippen molar-refractivity contribution < 1.29 is 13.2 Å². The summed E-state index contributed by atoms with van der Waals surface area (Å²) < 4.78 is 23.4. The Morgan fingerprint density at radius 3 is 2.82 bits per heavy atom. The van der Waals surface area contributed by atoms with E-state index in [0.717, 1.165) is 21.3 Å². The maximum Gasteiger partial charge on any atom is 0.232 e. The topological polar surface area (TPSA) is 67.3 Å². The van der Waals surface area contributed by atoms with Gasteiger partial charge < -0.3 is 0 Å². The summed E-state index contributed by atoms with van der Waals surface area (Å²) >= 11 is 1.46. The second kappa shape index (κ2) is 5.47. The third kappa shape index (κ3) is 3.11. The van der Waals surface area contributed by atoms with Crippen LogP contribution in [0.5, 0.6) is 0 Å². The van der Waals surface area contributed by atoms with Crippen molar-refractivity contribution in [1.82, 2.24) is 4.98 Å². The predicted octanol–water partition coefficient (Wildman–Crippen LogP) is 2.83. The van der Waals surface area contributed by atoms with E-state index < -0.39 is 9.05 Å². The second-order valence-corrected chi connectivity index (χ2v) is 9.54. The average molecular weight is 359 g/mol. The summed E-state index contributed by atoms with van der Waals surface area (Å²) in [5.74, 6) is -0.552. The minimum Gasteiger partial charge on any atom is -0.288 e. The van der Waals surface area contributed by atoms with Crippen LogP contribution < -0.4 is 4.90 Å². The average Bonchev–Trinajstić information content (AvgIpc) is 2.90. The van der Waals surface area contributed by atoms with Gasteiger partial charge in [-0.2, -0.15) is 0 Å². The highest BCUT2D eigenvalue weighted by atomic mass is 35.7. The van der Waals surface area contributed by atoms with Crippen molar-refractivity contribution in [3.8, 4) is 0 Å². The molecule has 1 aromatic heterocycles. The number of fused-ring (bicyclic) bond motifs is 1. The first kappa shape index (κ1) is 15.7. The van der Waals surface area contributed by atoms with Gasteiger partial charge in [0, 0.05) is 29.6 Å². The molecule has 22 heavy (non-hydrogen) atoms. The SMILES string of the molecule is Cc1cc(C)c2nc(N3CC(CS(=O)(=O)Cl)CC3=O)sc2c1. The molecule has 1 aliphatic rings. The quantitative estimate of drug-likeness (QED) is 0.791. The molecular weight excluding hydrogens is 344 g/mol. The summed E-state index contributed by atoms with van der Waals surface area (Å²) in [4.78, 5) is 18.3. The number of amides is 1. The van der Waals surface area contributed by atoms with Crippen LogP contribution in [0.4, 0.5) is 5.13 Å². The van der Waals surface area contributed by atoms with Crippen molar-refractivity contribution >= 4 is 52.3 Å². The van der Waals surface area contributed by atoms with Crippen molar-refractivity contribution in [3.63, 3.8) is 0 Å². The molecule has 1 unspecified atom stereocenters. The molecule has 1 atom stereocenters. The lowest BCUT2D eigenvalue weighted by molar-refractivity contribution is -0.117. The predicted molar refractivity (Wildman–Crippen MR) is 89.2 cm³/mol. The summed E-state index contributed by atoms with van der Waals surface area (Å²) in [6.07, 6.45) is 0.194. The highest BCUT2D eigenvalue weighted by molar-refractivity contribution is 8.13. The Labute approximate surface area is 137 Å². The van der Waals surface area contributed by atoms with Crippen LogP contribution in [0.2, 0.25) is 0 Å². The molecule has 1 amide bonds. The van der Waals surface area contributed by atoms with Crippen LogP contribution in [0.15, 0.2) is 12.1 Å². The Morgan fingerprint density at radius 1 is 1.41 bits per heavy atom. The smallest absolute Gasteiger partial charge is 0.232 e. The maximum absolute atomic E-state index is 12.2. The van der Waals surface area contributed by atoms with Crippen LogP contribution in [0.25, 0.3) is 10.2 Å². The lowest BCUT2D eigenvalue weighted by Gasteiger charge is -2.12. The Bertz CT molecular complexity index is 860. The molecule has 0 radical (unpaired) electrons. The normalized spacial score (nSPS) is 19.3. The Balaban J connectivity index is 1.91. The van der Waals surface area contributed by atoms with Gasteiger partial charge in [0.25, 0.3) is 0 Å². The summed E-state index contributed by atoms with van der Waals surface area (Å²) in [6, 6.07) is 4.10. The van der Waals surface area contributed by atoms with Gasteiger partial charge in [-0.25, -0.2) is 13.4 Å². The van der Waals surface area contributed by atoms with Crippen molar-refractivity contribution in [3.05, 3.63) is 23.3 Å². The molecule has 1 fully saturated rings. The van der Waals surface area contributed by atoms with Crippen LogP contribution in [-0.4, -0.2) is 31.6 Å². The van der Waals surface area contributed by atoms with Crippen LogP contribution in [0, 0.1) is 19.8 Å². The van der Waals surface area contributed by atoms with Crippen molar-refractivity contribution in [2.75, 3.05) is 17.2 Å². The molecule has 3 rings (SSSR count). The third-order valence-electron chi connectivity index (χ3n) is 3.69. The fraction of sp³-hybridized carbons (Fsp3) is 0.429. The van der Waals surface area contributed by atoms with Gasteiger partial charge in [0.15, 0.2) is 5.13 Å². The van der Waals surface area contributed by atoms with E-state index in [9.17, 15) is 13.2 Å². The van der Waals surface area contributed by atoms with E-state index in [4.69, 9.17) is 10.7 Å². The Hall–Kier alpha value is -1.18. The first-order valence-electron chi connectivity index (χ1n) is 6.83. The number of aromatic nitrogens is 1. The highest BCUT2D eigenvalue weighted by Gasteiger charge is 2.34. The number of benzene rings is 1. The van der Waals surface area contributed by atoms with Gasteiger partial charge in [-0.1, -0.05) is 17.4 Å². The van der Waals surface area contributed by atoms with Gasteiger partial charge in [0.2, 0.25) is 15.0 Å². The molecule has 118 valence electrons. The monoisotopic (exact) mass is 358 g/mol. The molecule has 0 saturated carbocycles. The molecular formula is C14H15ClN2O3S2. The zero-order chi connectivity index (χ0) is 16.1. The molecule has 0 bridgehead atoms. The number of carbonyl (C=O) groups is 1. The van der Waals surface area contributed by atoms with Gasteiger partial charge in [-0.05, 0) is 31.0 Å². The molecule has 0 spiro atoms. The molecule has 1 saturated heterocycles. The number of hydrogen-bond donors (Lipinski definition) is 0. The first-order chi connectivity index (χ1) is 10.2. The van der Waals surface area contributed by atoms with E-state index in [-0.39, 0.29) is 24.0 Å². The second-order valence-electron chi connectivity index (χ2n) is 5.71. The number of halogens is 1. The lowest BCUT2D eigenvalue weighted by Crippen LogP contribution is -2.25. The van der Waals surface area contributed by atoms with Crippen LogP contribution in [0.3, 0.4) is 0 Å². The lowest BCUT2D eigenvalue weighted by atomic mass is 10.1. The first-order valence-corrected chi connectivity index (χ1v) is 10.1. The minimum atomic E-state index is -3.60. The van der Waals surface area contributed by atoms with E-state index >= 15 is 0 Å². The van der Waals surface area contributed by atoms with E-state index in [0.29, 0.717) is 11.7 Å². The summed E-state index contributed by atoms with van der Waals surface area (Å²) in [5.41, 5.74) is 3.12. The molecule has 0 N–H and O–H groups in total. The Kier molecular flexibility index (Phi) is 3.91. The number of anilines is 1. The standard InChI is InChI=1S/C14H15ClN2O3S2/c1-8-3-9(2)13-11(4-8)21-14(16-13)17-6-10(5-12(17)18)7-22(15,19)20/h3-4,10H,5-7H2,1-2H3. The largest absolute Gasteiger partial charge is 0.288 e. The van der Waals surface area contributed by atoms with Crippen molar-refractivity contribution in [1.29, 1.82) is 0 Å². The molecule has 2 heterocycles. The molecule has 1 aliphatic heterocycles. The minimum absolute atomic E-state index is 0.0984. The number of carbonyl (C=O) groups excluding carboxylic acids is 1. The number of nitrogens with zero attached hydrogens (tertiary/aromatic N) is 2. The van der Waals surface area contributed by atoms with E-state index in [1.165, 1.54) is 11.3 Å². The molecule has 1 aromatic carbocycles. The van der Waals surface area contributed by atoms with E-state index in [2.05, 4.69) is 11.1 Å². The van der Waals surface area contributed by atoms with E-state index in [1.807, 2.05) is 19.9 Å². The summed E-state index contributed by atoms with van der Waals surface area (Å²) in [7, 11) is 1.69. The fourth-order valence-corrected chi connectivity index (χ4v) is 5.32. The summed E-state index contributed by atoms with van der Waals surface area (Å²) in [5, 5.41) is 0.628. The fourth-order valence-electron chi connectivity index (χ4n) is 2.83. The zero-order valence-electron chi connectivity index (χ0n) is 12.2. The summed E-state index contributed by atoms with van der Waals surface area (Å²) in [6.45, 7) is 4.37. The van der Waals surface area contributed by atoms with E-state index in [1.54, 1.807) is 4.90 Å². The van der Waals surface area contributed by atoms with Gasteiger partial charge in [0.1, 0.15) is 0 Å². The molecule has 5 nitrogen and oxygen atoms in total. The highest BCUT2D eigenvalue weighted by Crippen LogP contribution is 2.35. The number of rotatable bonds is 3. The van der Waals surface area contributed by atoms with Gasteiger partial charge in [0.05, 0.1) is 16.0 Å². The van der Waals surface area contributed by atoms with Gasteiger partial charge in [-0.3, -0.25) is 9.69 Å². The van der Waals surface area contributed by atoms with Gasteiger partial charge in [-0.15, -0.1) is 0 Å².